The van der Waals surface area contributed by atoms with Crippen LogP contribution in [-0.2, 0) is 16.1 Å². The van der Waals surface area contributed by atoms with Crippen molar-refractivity contribution < 1.29 is 14.6 Å². The average molecular weight is 329 g/mol. The van der Waals surface area contributed by atoms with Crippen molar-refractivity contribution in [1.82, 2.24) is 10.2 Å². The van der Waals surface area contributed by atoms with Crippen LogP contribution in [0.25, 0.3) is 0 Å². The van der Waals surface area contributed by atoms with Gasteiger partial charge in [0.25, 0.3) is 0 Å². The number of halogens is 1. The molecule has 6 heteroatoms. The Morgan fingerprint density at radius 3 is 3.09 bits per heavy atom. The van der Waals surface area contributed by atoms with Crippen LogP contribution < -0.4 is 5.32 Å². The van der Waals surface area contributed by atoms with Crippen LogP contribution in [-0.4, -0.2) is 68.7 Å². The van der Waals surface area contributed by atoms with Crippen LogP contribution >= 0.6 is 11.6 Å². The van der Waals surface area contributed by atoms with Crippen molar-refractivity contribution in [2.75, 3.05) is 46.4 Å². The molecule has 0 saturated carbocycles. The molecule has 1 heterocycles. The van der Waals surface area contributed by atoms with Crippen LogP contribution in [0.2, 0.25) is 5.02 Å². The molecule has 0 spiro atoms. The number of aliphatic hydroxyl groups excluding tert-OH is 1. The van der Waals surface area contributed by atoms with Crippen molar-refractivity contribution in [2.24, 2.45) is 0 Å². The molecule has 5 nitrogen and oxygen atoms in total. The molecule has 0 amide bonds. The van der Waals surface area contributed by atoms with E-state index in [0.717, 1.165) is 31.8 Å². The molecule has 22 heavy (non-hydrogen) atoms. The molecule has 1 aliphatic rings. The Hall–Kier alpha value is -0.690. The highest BCUT2D eigenvalue weighted by molar-refractivity contribution is 6.31. The van der Waals surface area contributed by atoms with Gasteiger partial charge in [-0.15, -0.1) is 0 Å². The highest BCUT2D eigenvalue weighted by Crippen LogP contribution is 2.15. The van der Waals surface area contributed by atoms with Gasteiger partial charge in [0.2, 0.25) is 0 Å². The van der Waals surface area contributed by atoms with Crippen molar-refractivity contribution in [1.29, 1.82) is 0 Å². The van der Waals surface area contributed by atoms with Gasteiger partial charge in [0.05, 0.1) is 32.0 Å². The highest BCUT2D eigenvalue weighted by Gasteiger charge is 2.17. The second-order valence-corrected chi connectivity index (χ2v) is 6.08. The molecule has 1 aromatic carbocycles. The lowest BCUT2D eigenvalue weighted by Gasteiger charge is -2.30. The summed E-state index contributed by atoms with van der Waals surface area (Å²) in [5.74, 6) is 0. The van der Waals surface area contributed by atoms with E-state index in [4.69, 9.17) is 21.1 Å². The molecule has 0 aromatic heterocycles. The molecule has 1 fully saturated rings. The summed E-state index contributed by atoms with van der Waals surface area (Å²) in [4.78, 5) is 2.25. The lowest BCUT2D eigenvalue weighted by Crippen LogP contribution is -2.46. The third-order valence-corrected chi connectivity index (χ3v) is 3.99. The van der Waals surface area contributed by atoms with Crippen LogP contribution in [0.3, 0.4) is 0 Å². The Kier molecular flexibility index (Phi) is 7.59. The SMILES string of the molecule is CN1CCO[C@@H](CNC[C@H](O)COCc2ccccc2Cl)C1. The number of nitrogens with zero attached hydrogens (tertiary/aromatic N) is 1. The molecule has 2 rings (SSSR count). The number of ether oxygens (including phenoxy) is 2. The van der Waals surface area contributed by atoms with E-state index in [-0.39, 0.29) is 12.7 Å². The maximum atomic E-state index is 9.91. The molecule has 0 radical (unpaired) electrons. The van der Waals surface area contributed by atoms with Gasteiger partial charge in [0.15, 0.2) is 0 Å². The maximum absolute atomic E-state index is 9.91. The Morgan fingerprint density at radius 2 is 2.32 bits per heavy atom. The topological polar surface area (TPSA) is 54.0 Å². The monoisotopic (exact) mass is 328 g/mol. The van der Waals surface area contributed by atoms with Crippen LogP contribution in [0, 0.1) is 0 Å². The number of benzene rings is 1. The molecular formula is C16H25ClN2O3. The van der Waals surface area contributed by atoms with Gasteiger partial charge in [-0.1, -0.05) is 29.8 Å². The van der Waals surface area contributed by atoms with E-state index in [1.807, 2.05) is 24.3 Å². The Bertz CT molecular complexity index is 447. The van der Waals surface area contributed by atoms with Crippen LogP contribution in [0.5, 0.6) is 0 Å². The molecule has 1 saturated heterocycles. The van der Waals surface area contributed by atoms with E-state index in [9.17, 15) is 5.11 Å². The first-order chi connectivity index (χ1) is 10.6. The number of rotatable bonds is 8. The predicted molar refractivity (Wildman–Crippen MR) is 87.2 cm³/mol. The fraction of sp³-hybridized carbons (Fsp3) is 0.625. The summed E-state index contributed by atoms with van der Waals surface area (Å²) >= 11 is 6.05. The van der Waals surface area contributed by atoms with Gasteiger partial charge >= 0.3 is 0 Å². The summed E-state index contributed by atoms with van der Waals surface area (Å²) in [6.07, 6.45) is -0.348. The smallest absolute Gasteiger partial charge is 0.0897 e. The second-order valence-electron chi connectivity index (χ2n) is 5.67. The third kappa shape index (κ3) is 6.20. The Balaban J connectivity index is 1.56. The van der Waals surface area contributed by atoms with E-state index < -0.39 is 6.10 Å². The molecular weight excluding hydrogens is 304 g/mol. The van der Waals surface area contributed by atoms with Crippen molar-refractivity contribution in [3.63, 3.8) is 0 Å². The zero-order valence-corrected chi connectivity index (χ0v) is 13.8. The minimum atomic E-state index is -0.538. The summed E-state index contributed by atoms with van der Waals surface area (Å²) in [5, 5.41) is 13.8. The van der Waals surface area contributed by atoms with Gasteiger partial charge in [-0.2, -0.15) is 0 Å². The number of morpholine rings is 1. The fourth-order valence-corrected chi connectivity index (χ4v) is 2.57. The molecule has 2 N–H and O–H groups in total. The van der Waals surface area contributed by atoms with Gasteiger partial charge in [-0.25, -0.2) is 0 Å². The first-order valence-corrected chi connectivity index (χ1v) is 8.03. The van der Waals surface area contributed by atoms with Gasteiger partial charge in [-0.05, 0) is 18.7 Å². The predicted octanol–water partition coefficient (Wildman–Crippen LogP) is 1.14. The van der Waals surface area contributed by atoms with Crippen molar-refractivity contribution in [3.8, 4) is 0 Å². The molecule has 2 atom stereocenters. The number of hydrogen-bond acceptors (Lipinski definition) is 5. The van der Waals surface area contributed by atoms with Gasteiger partial charge in [0, 0.05) is 31.2 Å². The molecule has 1 aliphatic heterocycles. The van der Waals surface area contributed by atoms with E-state index in [1.54, 1.807) is 0 Å². The van der Waals surface area contributed by atoms with E-state index in [0.29, 0.717) is 18.2 Å². The fourth-order valence-electron chi connectivity index (χ4n) is 2.38. The minimum absolute atomic E-state index is 0.190. The zero-order valence-electron chi connectivity index (χ0n) is 13.0. The summed E-state index contributed by atoms with van der Waals surface area (Å²) in [6, 6.07) is 7.56. The lowest BCUT2D eigenvalue weighted by molar-refractivity contribution is -0.0211. The van der Waals surface area contributed by atoms with E-state index in [2.05, 4.69) is 17.3 Å². The van der Waals surface area contributed by atoms with Gasteiger partial charge in [0.1, 0.15) is 0 Å². The van der Waals surface area contributed by atoms with Gasteiger partial charge in [-0.3, -0.25) is 0 Å². The average Bonchev–Trinajstić information content (AvgIpc) is 2.49. The maximum Gasteiger partial charge on any atom is 0.0897 e. The Morgan fingerprint density at radius 1 is 1.50 bits per heavy atom. The summed E-state index contributed by atoms with van der Waals surface area (Å²) in [6.45, 7) is 4.60. The number of aliphatic hydroxyl groups is 1. The van der Waals surface area contributed by atoms with E-state index in [1.165, 1.54) is 0 Å². The normalized spacial score (nSPS) is 21.0. The number of likely N-dealkylation sites (N-methyl/N-ethyl adjacent to an activating group) is 1. The summed E-state index contributed by atoms with van der Waals surface area (Å²) in [5.41, 5.74) is 0.933. The van der Waals surface area contributed by atoms with Crippen LogP contribution in [0.15, 0.2) is 24.3 Å². The summed E-state index contributed by atoms with van der Waals surface area (Å²) < 4.78 is 11.2. The Labute approximate surface area is 137 Å². The molecule has 124 valence electrons. The quantitative estimate of drug-likeness (QED) is 0.749. The molecule has 0 aliphatic carbocycles. The first-order valence-electron chi connectivity index (χ1n) is 7.65. The van der Waals surface area contributed by atoms with Crippen molar-refractivity contribution >= 4 is 11.6 Å². The molecule has 0 bridgehead atoms. The van der Waals surface area contributed by atoms with Crippen LogP contribution in [0.4, 0.5) is 0 Å². The standard InChI is InChI=1S/C16H25ClN2O3/c1-19-6-7-22-15(10-19)9-18-8-14(20)12-21-11-13-4-2-3-5-16(13)17/h2-5,14-15,18,20H,6-12H2,1H3/t14-,15-/m0/s1. The minimum Gasteiger partial charge on any atom is -0.389 e. The first kappa shape index (κ1) is 17.7. The van der Waals surface area contributed by atoms with Crippen molar-refractivity contribution in [2.45, 2.75) is 18.8 Å². The molecule has 1 aromatic rings. The third-order valence-electron chi connectivity index (χ3n) is 3.62. The zero-order chi connectivity index (χ0) is 15.8. The number of nitrogens with one attached hydrogen (secondary N) is 1. The molecule has 0 unspecified atom stereocenters. The lowest BCUT2D eigenvalue weighted by atomic mass is 10.2. The second kappa shape index (κ2) is 9.45. The van der Waals surface area contributed by atoms with Crippen molar-refractivity contribution in [3.05, 3.63) is 34.9 Å². The van der Waals surface area contributed by atoms with E-state index >= 15 is 0 Å². The largest absolute Gasteiger partial charge is 0.389 e. The highest BCUT2D eigenvalue weighted by atomic mass is 35.5. The summed E-state index contributed by atoms with van der Waals surface area (Å²) in [7, 11) is 2.09. The van der Waals surface area contributed by atoms with Gasteiger partial charge < -0.3 is 24.8 Å². The van der Waals surface area contributed by atoms with Crippen LogP contribution in [0.1, 0.15) is 5.56 Å². The number of hydrogen-bond donors (Lipinski definition) is 2.